The molecule has 0 spiro atoms. The second-order valence-corrected chi connectivity index (χ2v) is 5.44. The number of nitrogens with two attached hydrogens (primary N) is 1. The van der Waals surface area contributed by atoms with Crippen molar-refractivity contribution in [1.29, 1.82) is 5.26 Å². The summed E-state index contributed by atoms with van der Waals surface area (Å²) in [7, 11) is 0. The minimum absolute atomic E-state index is 0.273. The zero-order chi connectivity index (χ0) is 13.2. The van der Waals surface area contributed by atoms with Gasteiger partial charge < -0.3 is 10.5 Å². The Labute approximate surface area is 109 Å². The molecule has 1 aliphatic rings. The maximum absolute atomic E-state index is 9.14. The summed E-state index contributed by atoms with van der Waals surface area (Å²) in [5.74, 6) is 1.60. The number of hydrogen-bond acceptors (Lipinski definition) is 3. The maximum Gasteiger partial charge on any atom is 0.141 e. The SMILES string of the molecule is CC(C)c1ccc(OCC(N)(C#N)C2CC2)cc1. The third-order valence-electron chi connectivity index (χ3n) is 3.54. The molecule has 0 radical (unpaired) electrons. The lowest BCUT2D eigenvalue weighted by molar-refractivity contribution is 0.237. The molecule has 1 saturated carbocycles. The molecule has 1 aromatic carbocycles. The Morgan fingerprint density at radius 3 is 2.44 bits per heavy atom. The lowest BCUT2D eigenvalue weighted by atomic mass is 9.98. The number of ether oxygens (including phenoxy) is 1. The Hall–Kier alpha value is -1.53. The van der Waals surface area contributed by atoms with E-state index in [1.165, 1.54) is 5.56 Å². The molecule has 0 heterocycles. The van der Waals surface area contributed by atoms with E-state index < -0.39 is 5.54 Å². The molecule has 1 unspecified atom stereocenters. The second-order valence-electron chi connectivity index (χ2n) is 5.44. The van der Waals surface area contributed by atoms with Crippen molar-refractivity contribution >= 4 is 0 Å². The van der Waals surface area contributed by atoms with Gasteiger partial charge in [0, 0.05) is 0 Å². The smallest absolute Gasteiger partial charge is 0.141 e. The van der Waals surface area contributed by atoms with E-state index in [0.29, 0.717) is 11.8 Å². The maximum atomic E-state index is 9.14. The first kappa shape index (κ1) is 12.9. The van der Waals surface area contributed by atoms with E-state index in [1.807, 2.05) is 12.1 Å². The van der Waals surface area contributed by atoms with Gasteiger partial charge in [-0.25, -0.2) is 0 Å². The van der Waals surface area contributed by atoms with E-state index in [2.05, 4.69) is 32.0 Å². The highest BCUT2D eigenvalue weighted by molar-refractivity contribution is 5.29. The summed E-state index contributed by atoms with van der Waals surface area (Å²) in [5, 5.41) is 9.14. The molecule has 96 valence electrons. The van der Waals surface area contributed by atoms with E-state index in [1.54, 1.807) is 0 Å². The first-order valence-corrected chi connectivity index (χ1v) is 6.48. The lowest BCUT2D eigenvalue weighted by Gasteiger charge is -2.21. The number of hydrogen-bond donors (Lipinski definition) is 1. The van der Waals surface area contributed by atoms with Gasteiger partial charge in [0.2, 0.25) is 0 Å². The van der Waals surface area contributed by atoms with Crippen molar-refractivity contribution in [2.24, 2.45) is 11.7 Å². The molecule has 2 rings (SSSR count). The summed E-state index contributed by atoms with van der Waals surface area (Å²) >= 11 is 0. The van der Waals surface area contributed by atoms with Crippen molar-refractivity contribution < 1.29 is 4.74 Å². The zero-order valence-electron chi connectivity index (χ0n) is 11.0. The van der Waals surface area contributed by atoms with Crippen LogP contribution in [0, 0.1) is 17.2 Å². The van der Waals surface area contributed by atoms with Crippen LogP contribution in [0.1, 0.15) is 38.2 Å². The molecule has 1 aromatic rings. The van der Waals surface area contributed by atoms with E-state index in [9.17, 15) is 0 Å². The van der Waals surface area contributed by atoms with Gasteiger partial charge >= 0.3 is 0 Å². The number of nitriles is 1. The quantitative estimate of drug-likeness (QED) is 0.866. The minimum Gasteiger partial charge on any atom is -0.491 e. The van der Waals surface area contributed by atoms with Crippen LogP contribution in [0.3, 0.4) is 0 Å². The third-order valence-corrected chi connectivity index (χ3v) is 3.54. The Morgan fingerprint density at radius 1 is 1.39 bits per heavy atom. The number of nitrogens with zero attached hydrogens (tertiary/aromatic N) is 1. The summed E-state index contributed by atoms with van der Waals surface area (Å²) < 4.78 is 5.65. The van der Waals surface area contributed by atoms with Gasteiger partial charge in [-0.05, 0) is 42.4 Å². The largest absolute Gasteiger partial charge is 0.491 e. The topological polar surface area (TPSA) is 59.0 Å². The van der Waals surface area contributed by atoms with Crippen molar-refractivity contribution in [3.8, 4) is 11.8 Å². The van der Waals surface area contributed by atoms with E-state index >= 15 is 0 Å². The first-order chi connectivity index (χ1) is 8.55. The Bertz CT molecular complexity index is 443. The first-order valence-electron chi connectivity index (χ1n) is 6.48. The fourth-order valence-corrected chi connectivity index (χ4v) is 1.99. The Morgan fingerprint density at radius 2 is 2.00 bits per heavy atom. The Kier molecular flexibility index (Phi) is 3.58. The van der Waals surface area contributed by atoms with Crippen LogP contribution in [0.4, 0.5) is 0 Å². The molecule has 0 bridgehead atoms. The molecule has 1 fully saturated rings. The highest BCUT2D eigenvalue weighted by Gasteiger charge is 2.43. The summed E-state index contributed by atoms with van der Waals surface area (Å²) in [4.78, 5) is 0. The van der Waals surface area contributed by atoms with Crippen LogP contribution >= 0.6 is 0 Å². The molecule has 1 aliphatic carbocycles. The summed E-state index contributed by atoms with van der Waals surface area (Å²) in [6.45, 7) is 4.59. The van der Waals surface area contributed by atoms with Crippen molar-refractivity contribution in [1.82, 2.24) is 0 Å². The molecule has 0 aliphatic heterocycles. The molecule has 0 saturated heterocycles. The molecule has 0 aromatic heterocycles. The van der Waals surface area contributed by atoms with Crippen molar-refractivity contribution in [3.05, 3.63) is 29.8 Å². The average Bonchev–Trinajstić information content (AvgIpc) is 3.21. The van der Waals surface area contributed by atoms with Crippen LogP contribution in [0.5, 0.6) is 5.75 Å². The third kappa shape index (κ3) is 2.83. The van der Waals surface area contributed by atoms with Crippen molar-refractivity contribution in [3.63, 3.8) is 0 Å². The van der Waals surface area contributed by atoms with Gasteiger partial charge in [0.1, 0.15) is 17.9 Å². The van der Waals surface area contributed by atoms with Crippen LogP contribution in [0.25, 0.3) is 0 Å². The van der Waals surface area contributed by atoms with Crippen molar-refractivity contribution in [2.45, 2.75) is 38.1 Å². The van der Waals surface area contributed by atoms with Gasteiger partial charge in [-0.1, -0.05) is 26.0 Å². The van der Waals surface area contributed by atoms with Crippen LogP contribution in [0.15, 0.2) is 24.3 Å². The van der Waals surface area contributed by atoms with Crippen molar-refractivity contribution in [2.75, 3.05) is 6.61 Å². The van der Waals surface area contributed by atoms with Crippen LogP contribution < -0.4 is 10.5 Å². The summed E-state index contributed by atoms with van der Waals surface area (Å²) in [6, 6.07) is 10.2. The zero-order valence-corrected chi connectivity index (χ0v) is 11.0. The number of benzene rings is 1. The van der Waals surface area contributed by atoms with E-state index in [0.717, 1.165) is 18.6 Å². The fourth-order valence-electron chi connectivity index (χ4n) is 1.99. The van der Waals surface area contributed by atoms with E-state index in [-0.39, 0.29) is 6.61 Å². The molecular weight excluding hydrogens is 224 g/mol. The van der Waals surface area contributed by atoms with Gasteiger partial charge in [0.05, 0.1) is 6.07 Å². The molecule has 18 heavy (non-hydrogen) atoms. The standard InChI is InChI=1S/C15H20N2O/c1-11(2)12-3-7-14(8-4-12)18-10-15(17,9-16)13-5-6-13/h3-4,7-8,11,13H,5-6,10,17H2,1-2H3. The summed E-state index contributed by atoms with van der Waals surface area (Å²) in [5.41, 5.74) is 6.50. The second kappa shape index (κ2) is 4.99. The van der Waals surface area contributed by atoms with Gasteiger partial charge in [-0.2, -0.15) is 5.26 Å². The highest BCUT2D eigenvalue weighted by atomic mass is 16.5. The Balaban J connectivity index is 1.96. The van der Waals surface area contributed by atoms with Gasteiger partial charge in [-0.15, -0.1) is 0 Å². The van der Waals surface area contributed by atoms with E-state index in [4.69, 9.17) is 15.7 Å². The van der Waals surface area contributed by atoms with Crippen LogP contribution in [-0.4, -0.2) is 12.1 Å². The van der Waals surface area contributed by atoms with Gasteiger partial charge in [-0.3, -0.25) is 0 Å². The molecule has 1 atom stereocenters. The highest BCUT2D eigenvalue weighted by Crippen LogP contribution is 2.38. The molecule has 3 nitrogen and oxygen atoms in total. The fraction of sp³-hybridized carbons (Fsp3) is 0.533. The molecule has 0 amide bonds. The lowest BCUT2D eigenvalue weighted by Crippen LogP contribution is -2.46. The molecule has 2 N–H and O–H groups in total. The van der Waals surface area contributed by atoms with Crippen LogP contribution in [-0.2, 0) is 0 Å². The normalized spacial score (nSPS) is 18.2. The molecular formula is C15H20N2O. The van der Waals surface area contributed by atoms with Crippen LogP contribution in [0.2, 0.25) is 0 Å². The van der Waals surface area contributed by atoms with Gasteiger partial charge in [0.15, 0.2) is 0 Å². The monoisotopic (exact) mass is 244 g/mol. The minimum atomic E-state index is -0.823. The summed E-state index contributed by atoms with van der Waals surface area (Å²) in [6.07, 6.45) is 2.08. The van der Waals surface area contributed by atoms with Gasteiger partial charge in [0.25, 0.3) is 0 Å². The predicted molar refractivity (Wildman–Crippen MR) is 71.3 cm³/mol. The number of rotatable bonds is 5. The molecule has 3 heteroatoms. The predicted octanol–water partition coefficient (Wildman–Crippen LogP) is 2.82. The average molecular weight is 244 g/mol.